The SMILES string of the molecule is COc1ccc(Cl)cc1CC(NN)c1ccc(Cl)cn1. The Hall–Kier alpha value is -1.33. The quantitative estimate of drug-likeness (QED) is 0.658. The third kappa shape index (κ3) is 3.61. The van der Waals surface area contributed by atoms with Gasteiger partial charge >= 0.3 is 0 Å². The van der Waals surface area contributed by atoms with E-state index < -0.39 is 0 Å². The summed E-state index contributed by atoms with van der Waals surface area (Å²) in [6.45, 7) is 0. The predicted molar refractivity (Wildman–Crippen MR) is 81.0 cm³/mol. The first-order chi connectivity index (χ1) is 9.63. The van der Waals surface area contributed by atoms with Crippen LogP contribution in [-0.2, 0) is 6.42 Å². The lowest BCUT2D eigenvalue weighted by atomic mass is 10.0. The standard InChI is InChI=1S/C14H15Cl2N3O/c1-20-14-5-3-10(15)6-9(14)7-13(19-17)12-4-2-11(16)8-18-12/h2-6,8,13,19H,7,17H2,1H3. The summed E-state index contributed by atoms with van der Waals surface area (Å²) in [5.41, 5.74) is 4.52. The Morgan fingerprint density at radius 1 is 1.25 bits per heavy atom. The summed E-state index contributed by atoms with van der Waals surface area (Å²) in [5.74, 6) is 6.39. The highest BCUT2D eigenvalue weighted by atomic mass is 35.5. The highest BCUT2D eigenvalue weighted by Crippen LogP contribution is 2.27. The fourth-order valence-corrected chi connectivity index (χ4v) is 2.28. The van der Waals surface area contributed by atoms with Gasteiger partial charge < -0.3 is 4.74 Å². The molecule has 1 aromatic carbocycles. The van der Waals surface area contributed by atoms with Gasteiger partial charge in [0.15, 0.2) is 0 Å². The van der Waals surface area contributed by atoms with E-state index in [1.807, 2.05) is 18.2 Å². The average molecular weight is 312 g/mol. The zero-order valence-electron chi connectivity index (χ0n) is 10.9. The number of hydrogen-bond donors (Lipinski definition) is 2. The number of hydrazine groups is 1. The van der Waals surface area contributed by atoms with Gasteiger partial charge in [-0.05, 0) is 42.3 Å². The van der Waals surface area contributed by atoms with Gasteiger partial charge in [-0.25, -0.2) is 0 Å². The van der Waals surface area contributed by atoms with Crippen molar-refractivity contribution in [2.75, 3.05) is 7.11 Å². The number of halogens is 2. The molecule has 4 nitrogen and oxygen atoms in total. The maximum Gasteiger partial charge on any atom is 0.122 e. The molecule has 6 heteroatoms. The molecule has 3 N–H and O–H groups in total. The lowest BCUT2D eigenvalue weighted by Crippen LogP contribution is -2.30. The lowest BCUT2D eigenvalue weighted by Gasteiger charge is -2.17. The molecule has 0 spiro atoms. The second kappa shape index (κ2) is 6.90. The maximum absolute atomic E-state index is 6.03. The topological polar surface area (TPSA) is 60.2 Å². The molecule has 2 rings (SSSR count). The predicted octanol–water partition coefficient (Wildman–Crippen LogP) is 3.14. The Morgan fingerprint density at radius 3 is 2.60 bits per heavy atom. The monoisotopic (exact) mass is 311 g/mol. The van der Waals surface area contributed by atoms with Crippen molar-refractivity contribution in [2.45, 2.75) is 12.5 Å². The van der Waals surface area contributed by atoms with Crippen LogP contribution in [0.4, 0.5) is 0 Å². The second-order valence-corrected chi connectivity index (χ2v) is 5.15. The largest absolute Gasteiger partial charge is 0.496 e. The van der Waals surface area contributed by atoms with E-state index in [2.05, 4.69) is 10.4 Å². The van der Waals surface area contributed by atoms with Crippen molar-refractivity contribution < 1.29 is 4.74 Å². The summed E-state index contributed by atoms with van der Waals surface area (Å²) < 4.78 is 5.33. The van der Waals surface area contributed by atoms with Gasteiger partial charge in [-0.2, -0.15) is 0 Å². The van der Waals surface area contributed by atoms with Crippen molar-refractivity contribution in [1.82, 2.24) is 10.4 Å². The zero-order valence-corrected chi connectivity index (χ0v) is 12.4. The highest BCUT2D eigenvalue weighted by Gasteiger charge is 2.15. The molecule has 20 heavy (non-hydrogen) atoms. The molecule has 1 unspecified atom stereocenters. The van der Waals surface area contributed by atoms with Crippen LogP contribution in [-0.4, -0.2) is 12.1 Å². The molecule has 0 aliphatic carbocycles. The van der Waals surface area contributed by atoms with E-state index in [1.54, 1.807) is 25.4 Å². The van der Waals surface area contributed by atoms with E-state index in [1.165, 1.54) is 0 Å². The van der Waals surface area contributed by atoms with Crippen LogP contribution in [0.3, 0.4) is 0 Å². The molecule has 2 aromatic rings. The van der Waals surface area contributed by atoms with E-state index in [0.29, 0.717) is 16.5 Å². The fraction of sp³-hybridized carbons (Fsp3) is 0.214. The van der Waals surface area contributed by atoms with E-state index in [9.17, 15) is 0 Å². The first-order valence-corrected chi connectivity index (χ1v) is 6.79. The molecule has 1 aromatic heterocycles. The Kier molecular flexibility index (Phi) is 5.20. The molecule has 0 saturated heterocycles. The number of rotatable bonds is 5. The Morgan fingerprint density at radius 2 is 2.00 bits per heavy atom. The Balaban J connectivity index is 2.26. The van der Waals surface area contributed by atoms with Crippen molar-refractivity contribution in [2.24, 2.45) is 5.84 Å². The van der Waals surface area contributed by atoms with Crippen LogP contribution in [0.5, 0.6) is 5.75 Å². The number of pyridine rings is 1. The van der Waals surface area contributed by atoms with Crippen LogP contribution in [0, 0.1) is 0 Å². The van der Waals surface area contributed by atoms with Crippen LogP contribution in [0.15, 0.2) is 36.5 Å². The summed E-state index contributed by atoms with van der Waals surface area (Å²) in [4.78, 5) is 4.28. The molecule has 106 valence electrons. The van der Waals surface area contributed by atoms with Crippen molar-refractivity contribution in [3.05, 3.63) is 57.8 Å². The van der Waals surface area contributed by atoms with Crippen molar-refractivity contribution in [3.8, 4) is 5.75 Å². The number of ether oxygens (including phenoxy) is 1. The van der Waals surface area contributed by atoms with Gasteiger partial charge in [-0.15, -0.1) is 0 Å². The van der Waals surface area contributed by atoms with Crippen molar-refractivity contribution in [1.29, 1.82) is 0 Å². The van der Waals surface area contributed by atoms with Gasteiger partial charge in [0, 0.05) is 11.2 Å². The third-order valence-electron chi connectivity index (χ3n) is 2.97. The van der Waals surface area contributed by atoms with E-state index in [-0.39, 0.29) is 6.04 Å². The molecule has 0 aliphatic heterocycles. The van der Waals surface area contributed by atoms with Gasteiger partial charge in [0.1, 0.15) is 5.75 Å². The number of hydrogen-bond acceptors (Lipinski definition) is 4. The maximum atomic E-state index is 6.03. The van der Waals surface area contributed by atoms with Gasteiger partial charge in [-0.1, -0.05) is 23.2 Å². The molecular formula is C14H15Cl2N3O. The number of nitrogens with zero attached hydrogens (tertiary/aromatic N) is 1. The van der Waals surface area contributed by atoms with Crippen LogP contribution < -0.4 is 16.0 Å². The minimum atomic E-state index is -0.153. The molecule has 0 amide bonds. The first kappa shape index (κ1) is 15.1. The van der Waals surface area contributed by atoms with Crippen LogP contribution in [0.2, 0.25) is 10.0 Å². The summed E-state index contributed by atoms with van der Waals surface area (Å²) in [5, 5.41) is 1.24. The second-order valence-electron chi connectivity index (χ2n) is 4.28. The fourth-order valence-electron chi connectivity index (χ4n) is 1.97. The third-order valence-corrected chi connectivity index (χ3v) is 3.43. The number of benzene rings is 1. The number of methoxy groups -OCH3 is 1. The molecule has 1 atom stereocenters. The minimum Gasteiger partial charge on any atom is -0.496 e. The van der Waals surface area contributed by atoms with Gasteiger partial charge in [0.2, 0.25) is 0 Å². The van der Waals surface area contributed by atoms with Gasteiger partial charge in [0.05, 0.1) is 23.9 Å². The highest BCUT2D eigenvalue weighted by molar-refractivity contribution is 6.30. The summed E-state index contributed by atoms with van der Waals surface area (Å²) >= 11 is 11.9. The molecule has 0 saturated carbocycles. The van der Waals surface area contributed by atoms with Gasteiger partial charge in [0.25, 0.3) is 0 Å². The summed E-state index contributed by atoms with van der Waals surface area (Å²) in [7, 11) is 1.62. The molecule has 0 radical (unpaired) electrons. The molecule has 0 aliphatic rings. The first-order valence-electron chi connectivity index (χ1n) is 6.04. The molecule has 0 fully saturated rings. The van der Waals surface area contributed by atoms with E-state index in [4.69, 9.17) is 33.8 Å². The Bertz CT molecular complexity index is 575. The zero-order chi connectivity index (χ0) is 14.5. The van der Waals surface area contributed by atoms with E-state index in [0.717, 1.165) is 17.0 Å². The average Bonchev–Trinajstić information content (AvgIpc) is 2.46. The van der Waals surface area contributed by atoms with Crippen LogP contribution in [0.25, 0.3) is 0 Å². The van der Waals surface area contributed by atoms with Crippen molar-refractivity contribution in [3.63, 3.8) is 0 Å². The van der Waals surface area contributed by atoms with Crippen molar-refractivity contribution >= 4 is 23.2 Å². The number of nitrogens with two attached hydrogens (primary N) is 1. The molecular weight excluding hydrogens is 297 g/mol. The smallest absolute Gasteiger partial charge is 0.122 e. The number of aromatic nitrogens is 1. The molecule has 0 bridgehead atoms. The van der Waals surface area contributed by atoms with Gasteiger partial charge in [-0.3, -0.25) is 16.3 Å². The normalized spacial score (nSPS) is 12.2. The minimum absolute atomic E-state index is 0.153. The summed E-state index contributed by atoms with van der Waals surface area (Å²) in [6, 6.07) is 8.95. The van der Waals surface area contributed by atoms with E-state index >= 15 is 0 Å². The van der Waals surface area contributed by atoms with Crippen LogP contribution >= 0.6 is 23.2 Å². The molecule has 1 heterocycles. The Labute approximate surface area is 127 Å². The number of nitrogens with one attached hydrogen (secondary N) is 1. The lowest BCUT2D eigenvalue weighted by molar-refractivity contribution is 0.405. The summed E-state index contributed by atoms with van der Waals surface area (Å²) in [6.07, 6.45) is 2.20. The van der Waals surface area contributed by atoms with Crippen LogP contribution in [0.1, 0.15) is 17.3 Å².